The van der Waals surface area contributed by atoms with Crippen LogP contribution in [0.4, 0.5) is 0 Å². The van der Waals surface area contributed by atoms with Gasteiger partial charge in [-0.05, 0) is 59.4 Å². The first kappa shape index (κ1) is 15.8. The first-order valence-corrected chi connectivity index (χ1v) is 8.14. The third kappa shape index (κ3) is 3.34. The van der Waals surface area contributed by atoms with Gasteiger partial charge in [-0.2, -0.15) is 0 Å². The topological polar surface area (TPSA) is 41.6 Å². The van der Waals surface area contributed by atoms with Crippen molar-refractivity contribution in [3.05, 3.63) is 0 Å². The minimum Gasteiger partial charge on any atom is -0.465 e. The van der Waals surface area contributed by atoms with Gasteiger partial charge in [0.05, 0.1) is 6.61 Å². The molecule has 2 rings (SSSR count). The smallest absolute Gasteiger partial charge is 0.327 e. The van der Waals surface area contributed by atoms with Crippen LogP contribution in [-0.4, -0.2) is 48.7 Å². The lowest BCUT2D eigenvalue weighted by Gasteiger charge is -2.42. The number of carbonyl (C=O) groups excluding carboxylic acids is 1. The number of nitrogens with one attached hydrogen (secondary N) is 1. The van der Waals surface area contributed by atoms with E-state index in [1.165, 1.54) is 19.3 Å². The second-order valence-corrected chi connectivity index (χ2v) is 6.76. The lowest BCUT2D eigenvalue weighted by Crippen LogP contribution is -2.64. The van der Waals surface area contributed by atoms with Gasteiger partial charge in [-0.1, -0.05) is 6.42 Å². The van der Waals surface area contributed by atoms with Crippen LogP contribution in [0, 0.1) is 5.92 Å². The molecule has 0 heterocycles. The van der Waals surface area contributed by atoms with Crippen LogP contribution in [0.5, 0.6) is 0 Å². The monoisotopic (exact) mass is 282 g/mol. The highest BCUT2D eigenvalue weighted by molar-refractivity contribution is 5.82. The number of carbonyl (C=O) groups is 1. The van der Waals surface area contributed by atoms with Gasteiger partial charge in [-0.15, -0.1) is 0 Å². The summed E-state index contributed by atoms with van der Waals surface area (Å²) in [4.78, 5) is 15.0. The Kier molecular flexibility index (Phi) is 5.08. The van der Waals surface area contributed by atoms with E-state index in [0.29, 0.717) is 18.6 Å². The molecule has 4 heteroatoms. The van der Waals surface area contributed by atoms with Crippen molar-refractivity contribution in [1.29, 1.82) is 0 Å². The van der Waals surface area contributed by atoms with Gasteiger partial charge in [0, 0.05) is 18.6 Å². The van der Waals surface area contributed by atoms with Gasteiger partial charge in [0.2, 0.25) is 0 Å². The number of likely N-dealkylation sites (N-methyl/N-ethyl adjacent to an activating group) is 1. The minimum atomic E-state index is -0.505. The van der Waals surface area contributed by atoms with Crippen molar-refractivity contribution in [3.63, 3.8) is 0 Å². The third-order valence-electron chi connectivity index (χ3n) is 4.66. The number of hydrogen-bond donors (Lipinski definition) is 1. The van der Waals surface area contributed by atoms with Crippen LogP contribution in [0.15, 0.2) is 0 Å². The van der Waals surface area contributed by atoms with Gasteiger partial charge < -0.3 is 9.64 Å². The molecule has 1 unspecified atom stereocenters. The molecule has 2 aliphatic carbocycles. The Morgan fingerprint density at radius 2 is 2.00 bits per heavy atom. The van der Waals surface area contributed by atoms with Gasteiger partial charge in [0.15, 0.2) is 0 Å². The van der Waals surface area contributed by atoms with E-state index in [1.807, 2.05) is 6.92 Å². The molecule has 2 aliphatic rings. The Morgan fingerprint density at radius 1 is 1.35 bits per heavy atom. The summed E-state index contributed by atoms with van der Waals surface area (Å²) in [5, 5.41) is 3.56. The van der Waals surface area contributed by atoms with Crippen LogP contribution in [0.1, 0.15) is 52.9 Å². The summed E-state index contributed by atoms with van der Waals surface area (Å²) in [7, 11) is 2.15. The zero-order valence-electron chi connectivity index (χ0n) is 13.4. The summed E-state index contributed by atoms with van der Waals surface area (Å²) < 4.78 is 5.41. The van der Waals surface area contributed by atoms with Crippen molar-refractivity contribution in [1.82, 2.24) is 10.2 Å². The molecule has 0 aromatic rings. The largest absolute Gasteiger partial charge is 0.465 e. The molecule has 0 aliphatic heterocycles. The fourth-order valence-corrected chi connectivity index (χ4v) is 3.28. The lowest BCUT2D eigenvalue weighted by molar-refractivity contribution is -0.154. The predicted octanol–water partition coefficient (Wildman–Crippen LogP) is 2.18. The molecule has 0 amide bonds. The molecule has 1 N–H and O–H groups in total. The van der Waals surface area contributed by atoms with Gasteiger partial charge in [0.25, 0.3) is 0 Å². The minimum absolute atomic E-state index is 0.0534. The van der Waals surface area contributed by atoms with Gasteiger partial charge in [-0.25, -0.2) is 4.79 Å². The van der Waals surface area contributed by atoms with Crippen molar-refractivity contribution in [2.24, 2.45) is 5.92 Å². The second kappa shape index (κ2) is 6.44. The average molecular weight is 282 g/mol. The highest BCUT2D eigenvalue weighted by Gasteiger charge is 2.53. The quantitative estimate of drug-likeness (QED) is 0.693. The summed E-state index contributed by atoms with van der Waals surface area (Å²) in [6.45, 7) is 7.35. The molecule has 20 heavy (non-hydrogen) atoms. The molecule has 0 radical (unpaired) electrons. The summed E-state index contributed by atoms with van der Waals surface area (Å²) in [6.07, 6.45) is 6.13. The fraction of sp³-hybridized carbons (Fsp3) is 0.938. The van der Waals surface area contributed by atoms with Crippen LogP contribution in [0.2, 0.25) is 0 Å². The van der Waals surface area contributed by atoms with E-state index in [1.54, 1.807) is 0 Å². The maximum Gasteiger partial charge on any atom is 0.327 e. The Labute approximate surface area is 123 Å². The molecular weight excluding hydrogens is 252 g/mol. The summed E-state index contributed by atoms with van der Waals surface area (Å²) >= 11 is 0. The van der Waals surface area contributed by atoms with Crippen molar-refractivity contribution in [3.8, 4) is 0 Å². The Balaban J connectivity index is 2.13. The SMILES string of the molecule is CCOC(=O)C(CN(C)C1CCC1)(NC(C)C)C1CC1. The Morgan fingerprint density at radius 3 is 2.40 bits per heavy atom. The van der Waals surface area contributed by atoms with Gasteiger partial charge >= 0.3 is 5.97 Å². The second-order valence-electron chi connectivity index (χ2n) is 6.76. The van der Waals surface area contributed by atoms with Crippen LogP contribution < -0.4 is 5.32 Å². The molecule has 1 atom stereocenters. The maximum atomic E-state index is 12.6. The molecule has 4 nitrogen and oxygen atoms in total. The molecule has 0 saturated heterocycles. The van der Waals surface area contributed by atoms with Crippen molar-refractivity contribution in [2.45, 2.75) is 70.5 Å². The number of esters is 1. The van der Waals surface area contributed by atoms with E-state index in [9.17, 15) is 4.79 Å². The molecule has 2 saturated carbocycles. The fourth-order valence-electron chi connectivity index (χ4n) is 3.28. The van der Waals surface area contributed by atoms with Crippen molar-refractivity contribution in [2.75, 3.05) is 20.2 Å². The third-order valence-corrected chi connectivity index (χ3v) is 4.66. The number of hydrogen-bond acceptors (Lipinski definition) is 4. The van der Waals surface area contributed by atoms with Crippen LogP contribution >= 0.6 is 0 Å². The molecule has 0 aromatic carbocycles. The normalized spacial score (nSPS) is 22.7. The summed E-state index contributed by atoms with van der Waals surface area (Å²) in [6, 6.07) is 0.936. The van der Waals surface area contributed by atoms with E-state index in [0.717, 1.165) is 19.4 Å². The first-order valence-electron chi connectivity index (χ1n) is 8.14. The van der Waals surface area contributed by atoms with Crippen molar-refractivity contribution < 1.29 is 9.53 Å². The predicted molar refractivity (Wildman–Crippen MR) is 80.6 cm³/mol. The molecule has 0 bridgehead atoms. The number of nitrogens with zero attached hydrogens (tertiary/aromatic N) is 1. The molecule has 0 spiro atoms. The van der Waals surface area contributed by atoms with Crippen molar-refractivity contribution >= 4 is 5.97 Å². The van der Waals surface area contributed by atoms with Crippen LogP contribution in [-0.2, 0) is 9.53 Å². The van der Waals surface area contributed by atoms with Gasteiger partial charge in [0.1, 0.15) is 5.54 Å². The molecule has 2 fully saturated rings. The van der Waals surface area contributed by atoms with Crippen LogP contribution in [0.3, 0.4) is 0 Å². The average Bonchev–Trinajstić information content (AvgIpc) is 3.08. The van der Waals surface area contributed by atoms with E-state index >= 15 is 0 Å². The highest BCUT2D eigenvalue weighted by atomic mass is 16.5. The Hall–Kier alpha value is -0.610. The summed E-state index contributed by atoms with van der Waals surface area (Å²) in [5.74, 6) is 0.383. The van der Waals surface area contributed by atoms with E-state index in [2.05, 4.69) is 31.1 Å². The zero-order chi connectivity index (χ0) is 14.8. The standard InChI is InChI=1S/C16H30N2O2/c1-5-20-15(19)16(13-9-10-13,17-12(2)3)11-18(4)14-7-6-8-14/h12-14,17H,5-11H2,1-4H3. The number of rotatable bonds is 8. The highest BCUT2D eigenvalue weighted by Crippen LogP contribution is 2.42. The summed E-state index contributed by atoms with van der Waals surface area (Å²) in [5.41, 5.74) is -0.505. The van der Waals surface area contributed by atoms with Crippen LogP contribution in [0.25, 0.3) is 0 Å². The first-order chi connectivity index (χ1) is 9.49. The molecule has 0 aromatic heterocycles. The zero-order valence-corrected chi connectivity index (χ0v) is 13.4. The van der Waals surface area contributed by atoms with E-state index in [-0.39, 0.29) is 12.0 Å². The molecular formula is C16H30N2O2. The maximum absolute atomic E-state index is 12.6. The van der Waals surface area contributed by atoms with Gasteiger partial charge in [-0.3, -0.25) is 5.32 Å². The number of ether oxygens (including phenoxy) is 1. The molecule has 116 valence electrons. The Bertz CT molecular complexity index is 337. The van der Waals surface area contributed by atoms with E-state index in [4.69, 9.17) is 4.74 Å². The lowest BCUT2D eigenvalue weighted by atomic mass is 9.87. The van der Waals surface area contributed by atoms with E-state index < -0.39 is 5.54 Å².